The topological polar surface area (TPSA) is 66.5 Å². The molecule has 1 aromatic heterocycles. The zero-order valence-corrected chi connectivity index (χ0v) is 17.6. The van der Waals surface area contributed by atoms with Crippen molar-refractivity contribution < 1.29 is 14.3 Å². The molecule has 0 saturated heterocycles. The van der Waals surface area contributed by atoms with Crippen LogP contribution in [0.5, 0.6) is 11.5 Å². The van der Waals surface area contributed by atoms with Crippen LogP contribution in [0.2, 0.25) is 0 Å². The molecule has 4 rings (SSSR count). The van der Waals surface area contributed by atoms with Gasteiger partial charge >= 0.3 is 0 Å². The number of carbonyl (C=O) groups is 1. The second-order valence-corrected chi connectivity index (χ2v) is 8.37. The molecule has 0 bridgehead atoms. The van der Waals surface area contributed by atoms with Gasteiger partial charge in [-0.15, -0.1) is 0 Å². The standard InChI is InChI=1S/C24H32N2O3/c1-3-7-19-23(18-10-11-20-21(14-18)29-13-12-28-20)22(24(25)27)16(2)26(19)15-17-8-5-4-6-9-17/h10-11,14,17H,3-9,12-13,15H2,1-2H3,(H2,25,27). The number of hydrogen-bond donors (Lipinski definition) is 1. The summed E-state index contributed by atoms with van der Waals surface area (Å²) in [6.45, 7) is 6.32. The van der Waals surface area contributed by atoms with E-state index in [4.69, 9.17) is 15.2 Å². The number of fused-ring (bicyclic) bond motifs is 1. The molecule has 156 valence electrons. The average molecular weight is 397 g/mol. The molecular formula is C24H32N2O3. The van der Waals surface area contributed by atoms with Crippen LogP contribution in [0.1, 0.15) is 67.2 Å². The average Bonchev–Trinajstić information content (AvgIpc) is 3.00. The van der Waals surface area contributed by atoms with Crippen LogP contribution in [0.25, 0.3) is 11.1 Å². The van der Waals surface area contributed by atoms with Crippen molar-refractivity contribution in [2.75, 3.05) is 13.2 Å². The van der Waals surface area contributed by atoms with Crippen molar-refractivity contribution in [1.29, 1.82) is 0 Å². The molecule has 1 amide bonds. The number of hydrogen-bond acceptors (Lipinski definition) is 3. The minimum atomic E-state index is -0.355. The van der Waals surface area contributed by atoms with E-state index in [2.05, 4.69) is 11.5 Å². The summed E-state index contributed by atoms with van der Waals surface area (Å²) in [4.78, 5) is 12.5. The van der Waals surface area contributed by atoms with Crippen LogP contribution >= 0.6 is 0 Å². The Morgan fingerprint density at radius 2 is 1.86 bits per heavy atom. The van der Waals surface area contributed by atoms with Gasteiger partial charge in [0.05, 0.1) is 5.56 Å². The fourth-order valence-electron chi connectivity index (χ4n) is 4.98. The van der Waals surface area contributed by atoms with Crippen molar-refractivity contribution >= 4 is 5.91 Å². The van der Waals surface area contributed by atoms with Gasteiger partial charge < -0.3 is 19.8 Å². The predicted octanol–water partition coefficient (Wildman–Crippen LogP) is 4.87. The van der Waals surface area contributed by atoms with Crippen molar-refractivity contribution in [2.45, 2.75) is 65.3 Å². The van der Waals surface area contributed by atoms with Crippen LogP contribution in [0.4, 0.5) is 0 Å². The number of benzene rings is 1. The summed E-state index contributed by atoms with van der Waals surface area (Å²) in [5.41, 5.74) is 10.7. The molecule has 2 aromatic rings. The largest absolute Gasteiger partial charge is 0.486 e. The lowest BCUT2D eigenvalue weighted by Gasteiger charge is -2.24. The SMILES string of the molecule is CCCc1c(-c2ccc3c(c2)OCCO3)c(C(N)=O)c(C)n1CC1CCCCC1. The zero-order chi connectivity index (χ0) is 20.4. The Morgan fingerprint density at radius 1 is 1.14 bits per heavy atom. The second-order valence-electron chi connectivity index (χ2n) is 8.37. The Bertz CT molecular complexity index is 894. The molecule has 5 heteroatoms. The highest BCUT2D eigenvalue weighted by Gasteiger charge is 2.27. The van der Waals surface area contributed by atoms with Crippen LogP contribution < -0.4 is 15.2 Å². The number of nitrogens with two attached hydrogens (primary N) is 1. The maximum atomic E-state index is 12.5. The molecule has 0 unspecified atom stereocenters. The Hall–Kier alpha value is -2.43. The highest BCUT2D eigenvalue weighted by Crippen LogP contribution is 2.40. The Morgan fingerprint density at radius 3 is 2.55 bits per heavy atom. The number of primary amides is 1. The molecule has 5 nitrogen and oxygen atoms in total. The fourth-order valence-corrected chi connectivity index (χ4v) is 4.98. The van der Waals surface area contributed by atoms with Gasteiger partial charge in [0.15, 0.2) is 11.5 Å². The fraction of sp³-hybridized carbons (Fsp3) is 0.542. The van der Waals surface area contributed by atoms with Gasteiger partial charge in [-0.2, -0.15) is 0 Å². The summed E-state index contributed by atoms with van der Waals surface area (Å²) in [5.74, 6) is 1.83. The van der Waals surface area contributed by atoms with E-state index < -0.39 is 0 Å². The van der Waals surface area contributed by atoms with Gasteiger partial charge in [0.2, 0.25) is 0 Å². The van der Waals surface area contributed by atoms with Crippen molar-refractivity contribution in [2.24, 2.45) is 11.7 Å². The van der Waals surface area contributed by atoms with Crippen molar-refractivity contribution in [3.05, 3.63) is 35.2 Å². The third kappa shape index (κ3) is 3.87. The minimum Gasteiger partial charge on any atom is -0.486 e. The van der Waals surface area contributed by atoms with Gasteiger partial charge in [-0.05, 0) is 49.8 Å². The first-order valence-corrected chi connectivity index (χ1v) is 11.0. The quantitative estimate of drug-likeness (QED) is 0.758. The number of amides is 1. The number of nitrogens with zero attached hydrogens (tertiary/aromatic N) is 1. The third-order valence-corrected chi connectivity index (χ3v) is 6.36. The molecule has 1 aliphatic carbocycles. The Kier molecular flexibility index (Phi) is 5.84. The van der Waals surface area contributed by atoms with Gasteiger partial charge in [0.1, 0.15) is 13.2 Å². The van der Waals surface area contributed by atoms with Crippen LogP contribution in [0, 0.1) is 12.8 Å². The molecule has 2 N–H and O–H groups in total. The number of carbonyl (C=O) groups excluding carboxylic acids is 1. The van der Waals surface area contributed by atoms with Crippen molar-refractivity contribution in [3.8, 4) is 22.6 Å². The molecular weight excluding hydrogens is 364 g/mol. The van der Waals surface area contributed by atoms with Crippen molar-refractivity contribution in [3.63, 3.8) is 0 Å². The highest BCUT2D eigenvalue weighted by atomic mass is 16.6. The van der Waals surface area contributed by atoms with E-state index in [1.165, 1.54) is 37.8 Å². The highest BCUT2D eigenvalue weighted by molar-refractivity contribution is 6.02. The van der Waals surface area contributed by atoms with Crippen LogP contribution in [0.15, 0.2) is 18.2 Å². The van der Waals surface area contributed by atoms with Gasteiger partial charge in [-0.3, -0.25) is 4.79 Å². The summed E-state index contributed by atoms with van der Waals surface area (Å²) < 4.78 is 13.9. The van der Waals surface area contributed by atoms with Gasteiger partial charge in [0.25, 0.3) is 5.91 Å². The molecule has 1 aromatic carbocycles. The van der Waals surface area contributed by atoms with Gasteiger partial charge in [0, 0.05) is 23.5 Å². The summed E-state index contributed by atoms with van der Waals surface area (Å²) in [5, 5.41) is 0. The first-order valence-electron chi connectivity index (χ1n) is 11.0. The summed E-state index contributed by atoms with van der Waals surface area (Å²) in [6, 6.07) is 5.97. The summed E-state index contributed by atoms with van der Waals surface area (Å²) in [7, 11) is 0. The van der Waals surface area contributed by atoms with E-state index in [1.807, 2.05) is 25.1 Å². The van der Waals surface area contributed by atoms with Crippen molar-refractivity contribution in [1.82, 2.24) is 4.57 Å². The first-order chi connectivity index (χ1) is 14.1. The molecule has 2 heterocycles. The Labute approximate surface area is 173 Å². The Balaban J connectivity index is 1.83. The van der Waals surface area contributed by atoms with E-state index in [-0.39, 0.29) is 5.91 Å². The minimum absolute atomic E-state index is 0.355. The lowest BCUT2D eigenvalue weighted by molar-refractivity contribution is 0.1000. The predicted molar refractivity (Wildman–Crippen MR) is 115 cm³/mol. The lowest BCUT2D eigenvalue weighted by Crippen LogP contribution is -2.18. The van der Waals surface area contributed by atoms with E-state index in [9.17, 15) is 4.79 Å². The smallest absolute Gasteiger partial charge is 0.251 e. The summed E-state index contributed by atoms with van der Waals surface area (Å²) in [6.07, 6.45) is 8.45. The van der Waals surface area contributed by atoms with Gasteiger partial charge in [-0.1, -0.05) is 38.7 Å². The van der Waals surface area contributed by atoms with E-state index in [0.29, 0.717) is 24.7 Å². The molecule has 0 spiro atoms. The van der Waals surface area contributed by atoms with E-state index in [1.54, 1.807) is 0 Å². The molecule has 0 atom stereocenters. The monoisotopic (exact) mass is 396 g/mol. The van der Waals surface area contributed by atoms with E-state index in [0.717, 1.165) is 47.7 Å². The normalized spacial score (nSPS) is 16.8. The molecule has 1 fully saturated rings. The molecule has 0 radical (unpaired) electrons. The zero-order valence-electron chi connectivity index (χ0n) is 17.6. The second kappa shape index (κ2) is 8.52. The third-order valence-electron chi connectivity index (χ3n) is 6.36. The van der Waals surface area contributed by atoms with Crippen LogP contribution in [-0.2, 0) is 13.0 Å². The summed E-state index contributed by atoms with van der Waals surface area (Å²) >= 11 is 0. The molecule has 29 heavy (non-hydrogen) atoms. The number of aromatic nitrogens is 1. The van der Waals surface area contributed by atoms with Crippen LogP contribution in [0.3, 0.4) is 0 Å². The number of rotatable bonds is 6. The van der Waals surface area contributed by atoms with E-state index >= 15 is 0 Å². The maximum absolute atomic E-state index is 12.5. The maximum Gasteiger partial charge on any atom is 0.251 e. The lowest BCUT2D eigenvalue weighted by atomic mass is 9.89. The number of ether oxygens (including phenoxy) is 2. The molecule has 1 saturated carbocycles. The van der Waals surface area contributed by atoms with Crippen LogP contribution in [-0.4, -0.2) is 23.7 Å². The first kappa shape index (κ1) is 19.9. The molecule has 2 aliphatic rings. The molecule has 1 aliphatic heterocycles. The van der Waals surface area contributed by atoms with Gasteiger partial charge in [-0.25, -0.2) is 0 Å².